The molecule has 0 atom stereocenters. The van der Waals surface area contributed by atoms with Crippen LogP contribution in [0.15, 0.2) is 52.4 Å². The quantitative estimate of drug-likeness (QED) is 0.247. The van der Waals surface area contributed by atoms with Crippen LogP contribution in [0, 0.1) is 13.8 Å². The molecular weight excluding hydrogens is 525 g/mol. The van der Waals surface area contributed by atoms with E-state index in [1.54, 1.807) is 31.4 Å². The van der Waals surface area contributed by atoms with E-state index >= 15 is 0 Å². The van der Waals surface area contributed by atoms with Crippen molar-refractivity contribution in [1.29, 1.82) is 0 Å². The molecule has 0 aliphatic heterocycles. The molecule has 11 heteroatoms. The maximum atomic E-state index is 12.7. The smallest absolute Gasteiger partial charge is 0.259 e. The Labute approximate surface area is 219 Å². The lowest BCUT2D eigenvalue weighted by atomic mass is 10.2. The summed E-state index contributed by atoms with van der Waals surface area (Å²) >= 11 is 15.5. The number of benzene rings is 2. The first-order chi connectivity index (χ1) is 16.9. The molecular formula is C24H19Cl2N5O2S2. The first-order valence-electron chi connectivity index (χ1n) is 10.5. The number of aromatic amines is 1. The maximum absolute atomic E-state index is 12.7. The summed E-state index contributed by atoms with van der Waals surface area (Å²) in [7, 11) is 1.60. The van der Waals surface area contributed by atoms with Crippen molar-refractivity contribution in [3.8, 4) is 22.8 Å². The van der Waals surface area contributed by atoms with Crippen LogP contribution in [0.4, 0.5) is 0 Å². The summed E-state index contributed by atoms with van der Waals surface area (Å²) in [6, 6.07) is 12.7. The summed E-state index contributed by atoms with van der Waals surface area (Å²) in [5.74, 6) is 2.14. The molecule has 3 aromatic heterocycles. The number of thiophene rings is 1. The number of aromatic nitrogens is 5. The number of nitrogens with zero attached hydrogens (tertiary/aromatic N) is 4. The zero-order valence-electron chi connectivity index (χ0n) is 18.9. The Kier molecular flexibility index (Phi) is 6.59. The van der Waals surface area contributed by atoms with Crippen LogP contribution in [-0.2, 0) is 5.75 Å². The van der Waals surface area contributed by atoms with Gasteiger partial charge in [0.1, 0.15) is 16.4 Å². The molecule has 0 unspecified atom stereocenters. The van der Waals surface area contributed by atoms with Crippen LogP contribution < -0.4 is 10.3 Å². The fourth-order valence-electron chi connectivity index (χ4n) is 3.73. The zero-order valence-corrected chi connectivity index (χ0v) is 22.1. The number of thioether (sulfide) groups is 1. The van der Waals surface area contributed by atoms with Gasteiger partial charge in [-0.15, -0.1) is 21.5 Å². The van der Waals surface area contributed by atoms with Crippen LogP contribution in [0.1, 0.15) is 16.3 Å². The Morgan fingerprint density at radius 2 is 1.91 bits per heavy atom. The van der Waals surface area contributed by atoms with Crippen molar-refractivity contribution in [3.05, 3.63) is 79.1 Å². The molecule has 3 heterocycles. The average Bonchev–Trinajstić information content (AvgIpc) is 3.38. The number of aryl methyl sites for hydroxylation is 2. The number of H-pyrrole nitrogens is 1. The largest absolute Gasteiger partial charge is 0.495 e. The Morgan fingerprint density at radius 1 is 1.11 bits per heavy atom. The SMILES string of the molecule is COc1ccc(Cl)cc1-n1c(SCc2nc3sc(C)c(C)c3c(=O)[nH]2)nnc1-c1cccc(Cl)c1. The second-order valence-electron chi connectivity index (χ2n) is 7.73. The third-order valence-electron chi connectivity index (χ3n) is 5.52. The highest BCUT2D eigenvalue weighted by Gasteiger charge is 2.21. The highest BCUT2D eigenvalue weighted by atomic mass is 35.5. The van der Waals surface area contributed by atoms with E-state index in [1.165, 1.54) is 23.1 Å². The minimum atomic E-state index is -0.134. The monoisotopic (exact) mass is 543 g/mol. The maximum Gasteiger partial charge on any atom is 0.259 e. The molecule has 35 heavy (non-hydrogen) atoms. The fraction of sp³-hybridized carbons (Fsp3) is 0.167. The zero-order chi connectivity index (χ0) is 24.7. The van der Waals surface area contributed by atoms with Gasteiger partial charge in [0.05, 0.1) is 23.9 Å². The molecule has 2 aromatic carbocycles. The number of hydrogen-bond acceptors (Lipinski definition) is 7. The van der Waals surface area contributed by atoms with Crippen molar-refractivity contribution >= 4 is 56.5 Å². The van der Waals surface area contributed by atoms with Crippen LogP contribution >= 0.6 is 46.3 Å². The Hall–Kier alpha value is -2.85. The van der Waals surface area contributed by atoms with Gasteiger partial charge in [-0.2, -0.15) is 0 Å². The van der Waals surface area contributed by atoms with Gasteiger partial charge in [0.15, 0.2) is 11.0 Å². The predicted molar refractivity (Wildman–Crippen MR) is 143 cm³/mol. The molecule has 0 aliphatic rings. The normalized spacial score (nSPS) is 11.3. The van der Waals surface area contributed by atoms with Gasteiger partial charge in [-0.1, -0.05) is 47.1 Å². The molecule has 0 spiro atoms. The summed E-state index contributed by atoms with van der Waals surface area (Å²) in [4.78, 5) is 22.1. The van der Waals surface area contributed by atoms with E-state index in [0.29, 0.717) is 49.4 Å². The van der Waals surface area contributed by atoms with Crippen LogP contribution in [0.2, 0.25) is 10.0 Å². The van der Waals surface area contributed by atoms with E-state index in [-0.39, 0.29) is 5.56 Å². The molecule has 1 N–H and O–H groups in total. The standard InChI is InChI=1S/C24H19Cl2N5O2S2/c1-12-13(2)35-23-20(12)22(32)27-19(28-23)11-34-24-30-29-21(14-5-4-6-15(25)9-14)31(24)17-10-16(26)7-8-18(17)33-3/h4-10H,11H2,1-3H3,(H,27,28,32). The van der Waals surface area contributed by atoms with E-state index in [0.717, 1.165) is 20.8 Å². The van der Waals surface area contributed by atoms with E-state index < -0.39 is 0 Å². The summed E-state index contributed by atoms with van der Waals surface area (Å²) in [6.07, 6.45) is 0. The summed E-state index contributed by atoms with van der Waals surface area (Å²) in [5.41, 5.74) is 2.31. The lowest BCUT2D eigenvalue weighted by Gasteiger charge is -2.14. The molecule has 5 rings (SSSR count). The van der Waals surface area contributed by atoms with Crippen molar-refractivity contribution in [2.75, 3.05) is 7.11 Å². The lowest BCUT2D eigenvalue weighted by molar-refractivity contribution is 0.412. The summed E-state index contributed by atoms with van der Waals surface area (Å²) in [6.45, 7) is 3.94. The van der Waals surface area contributed by atoms with Gasteiger partial charge in [-0.25, -0.2) is 4.98 Å². The average molecular weight is 544 g/mol. The minimum Gasteiger partial charge on any atom is -0.495 e. The van der Waals surface area contributed by atoms with E-state index in [2.05, 4.69) is 20.2 Å². The topological polar surface area (TPSA) is 85.7 Å². The van der Waals surface area contributed by atoms with Crippen LogP contribution in [-0.4, -0.2) is 31.8 Å². The molecule has 0 bridgehead atoms. The van der Waals surface area contributed by atoms with Crippen molar-refractivity contribution in [2.45, 2.75) is 24.8 Å². The van der Waals surface area contributed by atoms with Crippen LogP contribution in [0.25, 0.3) is 27.3 Å². The Morgan fingerprint density at radius 3 is 2.69 bits per heavy atom. The van der Waals surface area contributed by atoms with Gasteiger partial charge in [-0.3, -0.25) is 9.36 Å². The van der Waals surface area contributed by atoms with Gasteiger partial charge in [0, 0.05) is 20.5 Å². The predicted octanol–water partition coefficient (Wildman–Crippen LogP) is 6.46. The first kappa shape index (κ1) is 23.9. The molecule has 0 fully saturated rings. The molecule has 7 nitrogen and oxygen atoms in total. The van der Waals surface area contributed by atoms with E-state index in [4.69, 9.17) is 27.9 Å². The molecule has 0 saturated carbocycles. The first-order valence-corrected chi connectivity index (χ1v) is 13.1. The second kappa shape index (κ2) is 9.66. The number of fused-ring (bicyclic) bond motifs is 1. The van der Waals surface area contributed by atoms with Crippen molar-refractivity contribution in [1.82, 2.24) is 24.7 Å². The van der Waals surface area contributed by atoms with Gasteiger partial charge in [0.25, 0.3) is 5.56 Å². The molecule has 178 valence electrons. The highest BCUT2D eigenvalue weighted by Crippen LogP contribution is 2.35. The number of nitrogens with one attached hydrogen (secondary N) is 1. The fourth-order valence-corrected chi connectivity index (χ4v) is 5.95. The number of ether oxygens (including phenoxy) is 1. The number of methoxy groups -OCH3 is 1. The van der Waals surface area contributed by atoms with E-state index in [9.17, 15) is 4.79 Å². The van der Waals surface area contributed by atoms with Crippen molar-refractivity contribution < 1.29 is 4.74 Å². The van der Waals surface area contributed by atoms with Crippen LogP contribution in [0.3, 0.4) is 0 Å². The van der Waals surface area contributed by atoms with Crippen LogP contribution in [0.5, 0.6) is 5.75 Å². The summed E-state index contributed by atoms with van der Waals surface area (Å²) < 4.78 is 7.48. The number of halogens is 2. The van der Waals surface area contributed by atoms with Gasteiger partial charge < -0.3 is 9.72 Å². The van der Waals surface area contributed by atoms with E-state index in [1.807, 2.05) is 36.6 Å². The molecule has 0 aliphatic carbocycles. The van der Waals surface area contributed by atoms with Gasteiger partial charge >= 0.3 is 0 Å². The summed E-state index contributed by atoms with van der Waals surface area (Å²) in [5, 5.41) is 11.2. The minimum absolute atomic E-state index is 0.134. The Balaban J connectivity index is 1.59. The third-order valence-corrected chi connectivity index (χ3v) is 8.04. The van der Waals surface area contributed by atoms with Crippen molar-refractivity contribution in [3.63, 3.8) is 0 Å². The van der Waals surface area contributed by atoms with Gasteiger partial charge in [0.2, 0.25) is 0 Å². The molecule has 5 aromatic rings. The number of rotatable bonds is 6. The van der Waals surface area contributed by atoms with Crippen molar-refractivity contribution in [2.24, 2.45) is 0 Å². The highest BCUT2D eigenvalue weighted by molar-refractivity contribution is 7.98. The number of hydrogen-bond donors (Lipinski definition) is 1. The molecule has 0 radical (unpaired) electrons. The third kappa shape index (κ3) is 4.56. The molecule has 0 amide bonds. The molecule has 0 saturated heterocycles. The Bertz CT molecular complexity index is 1630. The van der Waals surface area contributed by atoms with Gasteiger partial charge in [-0.05, 0) is 49.7 Å². The second-order valence-corrected chi connectivity index (χ2v) is 10.8. The lowest BCUT2D eigenvalue weighted by Crippen LogP contribution is -2.11.